The highest BCUT2D eigenvalue weighted by Crippen LogP contribution is 2.24. The Bertz CT molecular complexity index is 950. The van der Waals surface area contributed by atoms with Crippen molar-refractivity contribution in [3.05, 3.63) is 24.3 Å². The summed E-state index contributed by atoms with van der Waals surface area (Å²) in [6.07, 6.45) is 10.3. The molecule has 0 aliphatic carbocycles. The van der Waals surface area contributed by atoms with E-state index in [0.29, 0.717) is 19.3 Å². The van der Waals surface area contributed by atoms with Gasteiger partial charge in [-0.15, -0.1) is 0 Å². The summed E-state index contributed by atoms with van der Waals surface area (Å²) >= 11 is 0. The van der Waals surface area contributed by atoms with E-state index in [4.69, 9.17) is 4.74 Å². The third-order valence-corrected chi connectivity index (χ3v) is 6.91. The number of hydrazine groups is 1. The molecule has 0 aliphatic heterocycles. The molecule has 1 rings (SSSR count). The van der Waals surface area contributed by atoms with Crippen molar-refractivity contribution in [2.75, 3.05) is 0 Å². The summed E-state index contributed by atoms with van der Waals surface area (Å²) in [5, 5.41) is 1.07. The van der Waals surface area contributed by atoms with Crippen LogP contribution in [0.2, 0.25) is 0 Å². The number of hydrogen-bond donors (Lipinski definition) is 2. The summed E-state index contributed by atoms with van der Waals surface area (Å²) in [5.41, 5.74) is 2.64. The van der Waals surface area contributed by atoms with Gasteiger partial charge in [-0.1, -0.05) is 90.7 Å². The lowest BCUT2D eigenvalue weighted by molar-refractivity contribution is -0.155. The molecule has 2 amide bonds. The molecule has 0 bridgehead atoms. The van der Waals surface area contributed by atoms with Crippen LogP contribution in [0.3, 0.4) is 0 Å². The van der Waals surface area contributed by atoms with Crippen molar-refractivity contribution < 1.29 is 32.1 Å². The van der Waals surface area contributed by atoms with Crippen LogP contribution in [-0.4, -0.2) is 41.8 Å². The SMILES string of the molecule is CCCCCCCCC(=O)NN(C(=O)CCCCC)C(CCCC)C(=O)Oc1ccccc1S(=O)(=O)O. The normalized spacial score (nSPS) is 12.1. The Balaban J connectivity index is 3.09. The molecule has 9 nitrogen and oxygen atoms in total. The van der Waals surface area contributed by atoms with E-state index < -0.39 is 32.9 Å². The van der Waals surface area contributed by atoms with E-state index in [-0.39, 0.29) is 30.9 Å². The van der Waals surface area contributed by atoms with Crippen molar-refractivity contribution in [1.29, 1.82) is 0 Å². The van der Waals surface area contributed by atoms with Gasteiger partial charge in [0.1, 0.15) is 4.90 Å². The Morgan fingerprint density at radius 1 is 0.865 bits per heavy atom. The first-order valence-electron chi connectivity index (χ1n) is 13.5. The van der Waals surface area contributed by atoms with Gasteiger partial charge in [-0.05, 0) is 31.4 Å². The van der Waals surface area contributed by atoms with Gasteiger partial charge >= 0.3 is 5.97 Å². The second-order valence-corrected chi connectivity index (χ2v) is 10.7. The van der Waals surface area contributed by atoms with Crippen molar-refractivity contribution in [2.24, 2.45) is 0 Å². The minimum atomic E-state index is -4.64. The van der Waals surface area contributed by atoms with E-state index >= 15 is 0 Å². The summed E-state index contributed by atoms with van der Waals surface area (Å²) in [6.45, 7) is 6.08. The predicted octanol–water partition coefficient (Wildman–Crippen LogP) is 5.59. The van der Waals surface area contributed by atoms with Crippen molar-refractivity contribution in [3.8, 4) is 5.75 Å². The summed E-state index contributed by atoms with van der Waals surface area (Å²) in [5.74, 6) is -1.97. The fraction of sp³-hybridized carbons (Fsp3) is 0.667. The number of amides is 2. The number of carbonyl (C=O) groups excluding carboxylic acids is 3. The van der Waals surface area contributed by atoms with Crippen molar-refractivity contribution in [1.82, 2.24) is 10.4 Å². The van der Waals surface area contributed by atoms with E-state index in [1.54, 1.807) is 0 Å². The van der Waals surface area contributed by atoms with Crippen LogP contribution in [0.4, 0.5) is 0 Å². The minimum Gasteiger partial charge on any atom is -0.423 e. The minimum absolute atomic E-state index is 0.155. The average molecular weight is 541 g/mol. The molecule has 10 heteroatoms. The second-order valence-electron chi connectivity index (χ2n) is 9.27. The van der Waals surface area contributed by atoms with Crippen LogP contribution in [0, 0.1) is 0 Å². The zero-order valence-electron chi connectivity index (χ0n) is 22.5. The molecule has 1 atom stereocenters. The van der Waals surface area contributed by atoms with Crippen LogP contribution in [0.15, 0.2) is 29.2 Å². The molecule has 0 aliphatic rings. The maximum absolute atomic E-state index is 13.3. The number of ether oxygens (including phenoxy) is 1. The third kappa shape index (κ3) is 12.6. The quantitative estimate of drug-likeness (QED) is 0.0816. The molecular weight excluding hydrogens is 496 g/mol. The molecule has 210 valence electrons. The van der Waals surface area contributed by atoms with E-state index in [1.807, 2.05) is 13.8 Å². The molecular formula is C27H44N2O7S. The first kappa shape index (κ1) is 32.6. The molecule has 0 spiro atoms. The van der Waals surface area contributed by atoms with Crippen LogP contribution in [0.5, 0.6) is 5.75 Å². The Hall–Kier alpha value is -2.46. The molecule has 0 radical (unpaired) electrons. The predicted molar refractivity (Wildman–Crippen MR) is 142 cm³/mol. The summed E-state index contributed by atoms with van der Waals surface area (Å²) in [4.78, 5) is 38.6. The topological polar surface area (TPSA) is 130 Å². The van der Waals surface area contributed by atoms with Gasteiger partial charge < -0.3 is 4.74 Å². The Kier molecular flexibility index (Phi) is 15.8. The van der Waals surface area contributed by atoms with Crippen LogP contribution in [0.25, 0.3) is 0 Å². The largest absolute Gasteiger partial charge is 0.423 e. The molecule has 0 fully saturated rings. The lowest BCUT2D eigenvalue weighted by atomic mass is 10.1. The number of benzene rings is 1. The molecule has 0 heterocycles. The van der Waals surface area contributed by atoms with Gasteiger partial charge in [0.15, 0.2) is 11.8 Å². The van der Waals surface area contributed by atoms with Crippen LogP contribution >= 0.6 is 0 Å². The number of unbranched alkanes of at least 4 members (excludes halogenated alkanes) is 8. The molecule has 1 aromatic carbocycles. The van der Waals surface area contributed by atoms with Gasteiger partial charge in [0.05, 0.1) is 0 Å². The third-order valence-electron chi connectivity index (χ3n) is 6.02. The summed E-state index contributed by atoms with van der Waals surface area (Å²) in [7, 11) is -4.64. The maximum Gasteiger partial charge on any atom is 0.336 e. The van der Waals surface area contributed by atoms with Crippen LogP contribution in [-0.2, 0) is 24.5 Å². The van der Waals surface area contributed by atoms with Crippen LogP contribution in [0.1, 0.15) is 111 Å². The zero-order valence-corrected chi connectivity index (χ0v) is 23.4. The number of hydrogen-bond acceptors (Lipinski definition) is 6. The van der Waals surface area contributed by atoms with Gasteiger partial charge in [0, 0.05) is 12.8 Å². The van der Waals surface area contributed by atoms with E-state index in [2.05, 4.69) is 12.3 Å². The highest BCUT2D eigenvalue weighted by molar-refractivity contribution is 7.86. The molecule has 0 saturated heterocycles. The number of esters is 1. The number of para-hydroxylation sites is 1. The molecule has 1 aromatic rings. The van der Waals surface area contributed by atoms with Crippen molar-refractivity contribution in [2.45, 2.75) is 122 Å². The molecule has 1 unspecified atom stereocenters. The highest BCUT2D eigenvalue weighted by Gasteiger charge is 2.33. The van der Waals surface area contributed by atoms with Crippen molar-refractivity contribution in [3.63, 3.8) is 0 Å². The fourth-order valence-corrected chi connectivity index (χ4v) is 4.51. The van der Waals surface area contributed by atoms with Gasteiger partial charge in [-0.3, -0.25) is 19.6 Å². The maximum atomic E-state index is 13.3. The molecule has 37 heavy (non-hydrogen) atoms. The number of nitrogens with one attached hydrogen (secondary N) is 1. The standard InChI is InChI=1S/C27H44N2O7S/c1-4-7-10-11-12-14-20-25(30)28-29(26(31)21-13-8-5-2)22(17-9-6-3)27(32)36-23-18-15-16-19-24(23)37(33,34)35/h15-16,18-19,22H,4-14,17,20-21H2,1-3H3,(H,28,30)(H,33,34,35). The Labute approximate surface area is 222 Å². The first-order valence-corrected chi connectivity index (χ1v) is 15.0. The monoisotopic (exact) mass is 540 g/mol. The Morgan fingerprint density at radius 3 is 2.08 bits per heavy atom. The lowest BCUT2D eigenvalue weighted by Crippen LogP contribution is -2.55. The van der Waals surface area contributed by atoms with E-state index in [9.17, 15) is 27.4 Å². The fourth-order valence-electron chi connectivity index (χ4n) is 3.89. The van der Waals surface area contributed by atoms with Gasteiger partial charge in [0.2, 0.25) is 11.8 Å². The molecule has 0 saturated carbocycles. The van der Waals surface area contributed by atoms with Gasteiger partial charge in [0.25, 0.3) is 10.1 Å². The smallest absolute Gasteiger partial charge is 0.336 e. The number of nitrogens with zero attached hydrogens (tertiary/aromatic N) is 1. The number of carbonyl (C=O) groups is 3. The second kappa shape index (κ2) is 17.9. The highest BCUT2D eigenvalue weighted by atomic mass is 32.2. The summed E-state index contributed by atoms with van der Waals surface area (Å²) < 4.78 is 38.4. The van der Waals surface area contributed by atoms with Gasteiger partial charge in [-0.25, -0.2) is 9.80 Å². The molecule has 2 N–H and O–H groups in total. The summed E-state index contributed by atoms with van der Waals surface area (Å²) in [6, 6.07) is 4.09. The molecule has 0 aromatic heterocycles. The number of rotatable bonds is 18. The van der Waals surface area contributed by atoms with E-state index in [1.165, 1.54) is 18.2 Å². The van der Waals surface area contributed by atoms with E-state index in [0.717, 1.165) is 62.4 Å². The van der Waals surface area contributed by atoms with Crippen LogP contribution < -0.4 is 10.2 Å². The average Bonchev–Trinajstić information content (AvgIpc) is 2.85. The lowest BCUT2D eigenvalue weighted by Gasteiger charge is -2.30. The van der Waals surface area contributed by atoms with Gasteiger partial charge in [-0.2, -0.15) is 8.42 Å². The first-order chi connectivity index (χ1) is 17.6. The zero-order chi connectivity index (χ0) is 27.7. The van der Waals surface area contributed by atoms with Crippen molar-refractivity contribution >= 4 is 27.9 Å². The Morgan fingerprint density at radius 2 is 1.43 bits per heavy atom.